The molecule has 0 saturated heterocycles. The Hall–Kier alpha value is -1.98. The summed E-state index contributed by atoms with van der Waals surface area (Å²) in [4.78, 5) is 0. The quantitative estimate of drug-likeness (QED) is 0.870. The van der Waals surface area contributed by atoms with Crippen molar-refractivity contribution in [3.63, 3.8) is 0 Å². The molecule has 0 atom stereocenters. The van der Waals surface area contributed by atoms with Crippen LogP contribution in [0.4, 0.5) is 14.5 Å². The zero-order chi connectivity index (χ0) is 11.5. The van der Waals surface area contributed by atoms with E-state index in [-0.39, 0.29) is 12.2 Å². The van der Waals surface area contributed by atoms with Gasteiger partial charge in [-0.05, 0) is 19.1 Å². The highest BCUT2D eigenvalue weighted by molar-refractivity contribution is 5.44. The maximum Gasteiger partial charge on any atom is 0.149 e. The van der Waals surface area contributed by atoms with Crippen molar-refractivity contribution < 1.29 is 13.4 Å². The minimum atomic E-state index is -0.644. The maximum absolute atomic E-state index is 13.2. The van der Waals surface area contributed by atoms with E-state index in [0.29, 0.717) is 11.4 Å². The Balaban J connectivity index is 2.08. The number of rotatable bonds is 3. The van der Waals surface area contributed by atoms with Gasteiger partial charge in [-0.25, -0.2) is 13.4 Å². The highest BCUT2D eigenvalue weighted by Gasteiger charge is 2.07. The number of aryl methyl sites for hydroxylation is 1. The van der Waals surface area contributed by atoms with Crippen LogP contribution >= 0.6 is 0 Å². The molecular weight excluding hydrogens is 216 g/mol. The van der Waals surface area contributed by atoms with Gasteiger partial charge in [-0.15, -0.1) is 0 Å². The molecule has 2 rings (SSSR count). The lowest BCUT2D eigenvalue weighted by molar-refractivity contribution is 0.301. The summed E-state index contributed by atoms with van der Waals surface area (Å²) in [6.07, 6.45) is 0. The van der Waals surface area contributed by atoms with Crippen LogP contribution in [0.1, 0.15) is 11.4 Å². The zero-order valence-corrected chi connectivity index (χ0v) is 8.50. The third-order valence-corrected chi connectivity index (χ3v) is 2.12. The normalized spacial score (nSPS) is 10.4. The fourth-order valence-electron chi connectivity index (χ4n) is 1.22. The number of hydrogen-bond acceptors (Lipinski definition) is 4. The van der Waals surface area contributed by atoms with E-state index >= 15 is 0 Å². The molecule has 0 fully saturated rings. The van der Waals surface area contributed by atoms with E-state index in [1.807, 2.05) is 0 Å². The molecule has 1 N–H and O–H groups in total. The molecule has 0 amide bonds. The molecule has 0 spiro atoms. The maximum atomic E-state index is 13.2. The molecule has 0 aliphatic heterocycles. The minimum Gasteiger partial charge on any atom is -0.377 e. The Morgan fingerprint density at radius 2 is 2.12 bits per heavy atom. The molecule has 1 aromatic carbocycles. The fraction of sp³-hybridized carbons (Fsp3) is 0.200. The van der Waals surface area contributed by atoms with Gasteiger partial charge in [0.25, 0.3) is 0 Å². The van der Waals surface area contributed by atoms with Crippen LogP contribution in [-0.2, 0) is 6.54 Å². The van der Waals surface area contributed by atoms with Crippen LogP contribution in [0.3, 0.4) is 0 Å². The zero-order valence-electron chi connectivity index (χ0n) is 8.50. The summed E-state index contributed by atoms with van der Waals surface area (Å²) in [5, 5.41) is 10.00. The van der Waals surface area contributed by atoms with E-state index in [1.54, 1.807) is 6.92 Å². The Morgan fingerprint density at radius 3 is 2.75 bits per heavy atom. The molecular formula is C10H9F2N3O. The van der Waals surface area contributed by atoms with Gasteiger partial charge in [-0.1, -0.05) is 10.3 Å². The van der Waals surface area contributed by atoms with Crippen LogP contribution in [0.15, 0.2) is 22.8 Å². The van der Waals surface area contributed by atoms with Crippen molar-refractivity contribution in [1.82, 2.24) is 10.3 Å². The van der Waals surface area contributed by atoms with Crippen LogP contribution in [0.25, 0.3) is 0 Å². The molecule has 2 aromatic rings. The van der Waals surface area contributed by atoms with E-state index in [1.165, 1.54) is 12.1 Å². The van der Waals surface area contributed by atoms with Gasteiger partial charge in [-0.3, -0.25) is 0 Å². The predicted octanol–water partition coefficient (Wildman–Crippen LogP) is 2.27. The van der Waals surface area contributed by atoms with Crippen LogP contribution < -0.4 is 5.32 Å². The lowest BCUT2D eigenvalue weighted by atomic mass is 10.2. The molecule has 0 aliphatic rings. The van der Waals surface area contributed by atoms with E-state index < -0.39 is 11.6 Å². The van der Waals surface area contributed by atoms with Crippen molar-refractivity contribution >= 4 is 5.69 Å². The van der Waals surface area contributed by atoms with E-state index in [2.05, 4.69) is 20.3 Å². The average molecular weight is 225 g/mol. The lowest BCUT2D eigenvalue weighted by Crippen LogP contribution is -2.03. The summed E-state index contributed by atoms with van der Waals surface area (Å²) in [5.41, 5.74) is 1.43. The van der Waals surface area contributed by atoms with Gasteiger partial charge in [0, 0.05) is 6.07 Å². The highest BCUT2D eigenvalue weighted by atomic mass is 19.1. The second kappa shape index (κ2) is 4.26. The first kappa shape index (κ1) is 10.5. The number of halogens is 2. The number of nitrogens with one attached hydrogen (secondary N) is 1. The summed E-state index contributed by atoms with van der Waals surface area (Å²) in [7, 11) is 0. The summed E-state index contributed by atoms with van der Waals surface area (Å²) >= 11 is 0. The van der Waals surface area contributed by atoms with Gasteiger partial charge in [-0.2, -0.15) is 0 Å². The van der Waals surface area contributed by atoms with Crippen molar-refractivity contribution in [3.05, 3.63) is 41.2 Å². The topological polar surface area (TPSA) is 51.0 Å². The van der Waals surface area contributed by atoms with Gasteiger partial charge < -0.3 is 5.32 Å². The van der Waals surface area contributed by atoms with Crippen LogP contribution in [0, 0.1) is 18.6 Å². The largest absolute Gasteiger partial charge is 0.377 e. The molecule has 0 unspecified atom stereocenters. The van der Waals surface area contributed by atoms with Crippen molar-refractivity contribution in [1.29, 1.82) is 0 Å². The van der Waals surface area contributed by atoms with Gasteiger partial charge in [0.2, 0.25) is 0 Å². The standard InChI is InChI=1S/C10H9F2N3O/c1-6-10(15-16-14-6)5-13-9-3-2-7(11)4-8(9)12/h2-4,13H,5H2,1H3. The number of nitrogens with zero attached hydrogens (tertiary/aromatic N) is 2. The second-order valence-electron chi connectivity index (χ2n) is 3.27. The minimum absolute atomic E-state index is 0.212. The Bertz CT molecular complexity index is 499. The van der Waals surface area contributed by atoms with Crippen molar-refractivity contribution in [3.8, 4) is 0 Å². The van der Waals surface area contributed by atoms with E-state index in [0.717, 1.165) is 6.07 Å². The SMILES string of the molecule is Cc1nonc1CNc1ccc(F)cc1F. The average Bonchev–Trinajstić information content (AvgIpc) is 2.63. The third kappa shape index (κ3) is 2.16. The van der Waals surface area contributed by atoms with E-state index in [4.69, 9.17) is 0 Å². The molecule has 1 heterocycles. The molecule has 0 radical (unpaired) electrons. The van der Waals surface area contributed by atoms with Gasteiger partial charge in [0.1, 0.15) is 23.0 Å². The molecule has 0 saturated carbocycles. The van der Waals surface area contributed by atoms with Crippen LogP contribution in [-0.4, -0.2) is 10.3 Å². The lowest BCUT2D eigenvalue weighted by Gasteiger charge is -2.05. The fourth-order valence-corrected chi connectivity index (χ4v) is 1.22. The first-order valence-corrected chi connectivity index (χ1v) is 4.64. The monoisotopic (exact) mass is 225 g/mol. The molecule has 6 heteroatoms. The summed E-state index contributed by atoms with van der Waals surface area (Å²) in [5.74, 6) is -1.25. The number of aromatic nitrogens is 2. The summed E-state index contributed by atoms with van der Waals surface area (Å²) in [6, 6.07) is 3.32. The summed E-state index contributed by atoms with van der Waals surface area (Å²) < 4.78 is 30.3. The predicted molar refractivity (Wildman–Crippen MR) is 52.7 cm³/mol. The van der Waals surface area contributed by atoms with Gasteiger partial charge in [0.05, 0.1) is 12.2 Å². The highest BCUT2D eigenvalue weighted by Crippen LogP contribution is 2.16. The molecule has 16 heavy (non-hydrogen) atoms. The Morgan fingerprint density at radius 1 is 1.31 bits per heavy atom. The van der Waals surface area contributed by atoms with Crippen LogP contribution in [0.5, 0.6) is 0 Å². The van der Waals surface area contributed by atoms with Gasteiger partial charge >= 0.3 is 0 Å². The van der Waals surface area contributed by atoms with Gasteiger partial charge in [0.15, 0.2) is 0 Å². The first-order chi connectivity index (χ1) is 7.66. The van der Waals surface area contributed by atoms with E-state index in [9.17, 15) is 8.78 Å². The van der Waals surface area contributed by atoms with Crippen molar-refractivity contribution in [2.24, 2.45) is 0 Å². The Labute approximate surface area is 90.2 Å². The summed E-state index contributed by atoms with van der Waals surface area (Å²) in [6.45, 7) is 2.01. The van der Waals surface area contributed by atoms with Crippen molar-refractivity contribution in [2.75, 3.05) is 5.32 Å². The molecule has 1 aromatic heterocycles. The number of hydrogen-bond donors (Lipinski definition) is 1. The third-order valence-electron chi connectivity index (χ3n) is 2.12. The molecule has 84 valence electrons. The number of anilines is 1. The van der Waals surface area contributed by atoms with Crippen molar-refractivity contribution in [2.45, 2.75) is 13.5 Å². The Kier molecular flexibility index (Phi) is 2.80. The molecule has 0 aliphatic carbocycles. The first-order valence-electron chi connectivity index (χ1n) is 4.64. The second-order valence-corrected chi connectivity index (χ2v) is 3.27. The number of benzene rings is 1. The van der Waals surface area contributed by atoms with Crippen LogP contribution in [0.2, 0.25) is 0 Å². The molecule has 4 nitrogen and oxygen atoms in total. The molecule has 0 bridgehead atoms. The smallest absolute Gasteiger partial charge is 0.149 e.